The van der Waals surface area contributed by atoms with E-state index in [2.05, 4.69) is 0 Å². The van der Waals surface area contributed by atoms with E-state index in [0.29, 0.717) is 25.6 Å². The lowest BCUT2D eigenvalue weighted by Gasteiger charge is -2.13. The Bertz CT molecular complexity index is 419. The second kappa shape index (κ2) is 10.5. The SMILES string of the molecule is CC(O)COCCOc1ccc(COCC(C)O)c(CO)c1. The molecule has 0 bridgehead atoms. The molecular weight excluding hydrogens is 288 g/mol. The Kier molecular flexibility index (Phi) is 9.03. The fraction of sp³-hybridized carbons (Fsp3) is 0.625. The fourth-order valence-corrected chi connectivity index (χ4v) is 1.79. The molecule has 0 saturated carbocycles. The average Bonchev–Trinajstić information content (AvgIpc) is 2.47. The first-order valence-corrected chi connectivity index (χ1v) is 7.40. The van der Waals surface area contributed by atoms with Crippen LogP contribution in [0.5, 0.6) is 5.75 Å². The molecule has 1 aromatic rings. The molecule has 0 aliphatic heterocycles. The summed E-state index contributed by atoms with van der Waals surface area (Å²) in [4.78, 5) is 0. The van der Waals surface area contributed by atoms with E-state index in [0.717, 1.165) is 11.1 Å². The minimum absolute atomic E-state index is 0.108. The molecule has 2 unspecified atom stereocenters. The van der Waals surface area contributed by atoms with Gasteiger partial charge in [0.1, 0.15) is 12.4 Å². The molecule has 0 fully saturated rings. The maximum Gasteiger partial charge on any atom is 0.119 e. The van der Waals surface area contributed by atoms with Crippen molar-refractivity contribution in [1.29, 1.82) is 0 Å². The maximum atomic E-state index is 9.41. The molecule has 22 heavy (non-hydrogen) atoms. The zero-order chi connectivity index (χ0) is 16.4. The third-order valence-electron chi connectivity index (χ3n) is 2.82. The van der Waals surface area contributed by atoms with Gasteiger partial charge >= 0.3 is 0 Å². The predicted molar refractivity (Wildman–Crippen MR) is 81.7 cm³/mol. The number of rotatable bonds is 11. The van der Waals surface area contributed by atoms with E-state index < -0.39 is 12.2 Å². The third kappa shape index (κ3) is 7.72. The van der Waals surface area contributed by atoms with E-state index >= 15 is 0 Å². The Morgan fingerprint density at radius 2 is 1.64 bits per heavy atom. The Morgan fingerprint density at radius 1 is 0.955 bits per heavy atom. The van der Waals surface area contributed by atoms with Crippen LogP contribution < -0.4 is 4.74 Å². The van der Waals surface area contributed by atoms with Crippen LogP contribution in [0.4, 0.5) is 0 Å². The molecule has 2 atom stereocenters. The van der Waals surface area contributed by atoms with Gasteiger partial charge in [-0.3, -0.25) is 0 Å². The van der Waals surface area contributed by atoms with E-state index in [1.54, 1.807) is 26.0 Å². The van der Waals surface area contributed by atoms with Gasteiger partial charge in [-0.2, -0.15) is 0 Å². The zero-order valence-corrected chi connectivity index (χ0v) is 13.2. The molecule has 0 heterocycles. The molecule has 0 aromatic heterocycles. The van der Waals surface area contributed by atoms with Crippen molar-refractivity contribution in [2.45, 2.75) is 39.3 Å². The van der Waals surface area contributed by atoms with Gasteiger partial charge in [0, 0.05) is 0 Å². The lowest BCUT2D eigenvalue weighted by molar-refractivity contribution is 0.0327. The van der Waals surface area contributed by atoms with Gasteiger partial charge in [-0.15, -0.1) is 0 Å². The minimum atomic E-state index is -0.512. The van der Waals surface area contributed by atoms with Crippen LogP contribution in [0.15, 0.2) is 18.2 Å². The summed E-state index contributed by atoms with van der Waals surface area (Å²) in [5.74, 6) is 0.643. The third-order valence-corrected chi connectivity index (χ3v) is 2.82. The first kappa shape index (κ1) is 18.9. The van der Waals surface area contributed by atoms with Crippen LogP contribution in [0.3, 0.4) is 0 Å². The van der Waals surface area contributed by atoms with Gasteiger partial charge in [0.15, 0.2) is 0 Å². The highest BCUT2D eigenvalue weighted by molar-refractivity contribution is 5.35. The molecule has 0 radical (unpaired) electrons. The van der Waals surface area contributed by atoms with Gasteiger partial charge in [-0.05, 0) is 37.1 Å². The topological polar surface area (TPSA) is 88.4 Å². The first-order chi connectivity index (χ1) is 10.5. The molecular formula is C16H26O6. The summed E-state index contributed by atoms with van der Waals surface area (Å²) in [5, 5.41) is 27.6. The molecule has 1 aromatic carbocycles. The number of benzene rings is 1. The van der Waals surface area contributed by atoms with Gasteiger partial charge in [-0.25, -0.2) is 0 Å². The van der Waals surface area contributed by atoms with E-state index in [1.165, 1.54) is 0 Å². The Hall–Kier alpha value is -1.18. The molecule has 0 aliphatic carbocycles. The van der Waals surface area contributed by atoms with Crippen molar-refractivity contribution >= 4 is 0 Å². The van der Waals surface area contributed by atoms with Gasteiger partial charge in [0.2, 0.25) is 0 Å². The second-order valence-electron chi connectivity index (χ2n) is 5.23. The van der Waals surface area contributed by atoms with Crippen LogP contribution in [-0.4, -0.2) is 54.0 Å². The van der Waals surface area contributed by atoms with Crippen molar-refractivity contribution in [3.8, 4) is 5.75 Å². The van der Waals surface area contributed by atoms with Crippen molar-refractivity contribution in [1.82, 2.24) is 0 Å². The highest BCUT2D eigenvalue weighted by Crippen LogP contribution is 2.19. The van der Waals surface area contributed by atoms with Gasteiger partial charge < -0.3 is 29.5 Å². The number of ether oxygens (including phenoxy) is 3. The zero-order valence-electron chi connectivity index (χ0n) is 13.2. The largest absolute Gasteiger partial charge is 0.491 e. The van der Waals surface area contributed by atoms with E-state index in [-0.39, 0.29) is 19.8 Å². The molecule has 0 saturated heterocycles. The number of aliphatic hydroxyl groups excluding tert-OH is 3. The van der Waals surface area contributed by atoms with E-state index in [1.807, 2.05) is 6.07 Å². The summed E-state index contributed by atoms with van der Waals surface area (Å²) < 4.78 is 16.1. The molecule has 0 aliphatic rings. The van der Waals surface area contributed by atoms with Crippen molar-refractivity contribution in [3.05, 3.63) is 29.3 Å². The Balaban J connectivity index is 2.42. The maximum absolute atomic E-state index is 9.41. The summed E-state index contributed by atoms with van der Waals surface area (Å²) in [6.45, 7) is 4.83. The summed E-state index contributed by atoms with van der Waals surface area (Å²) in [6, 6.07) is 5.39. The van der Waals surface area contributed by atoms with E-state index in [4.69, 9.17) is 24.4 Å². The highest BCUT2D eigenvalue weighted by atomic mass is 16.5. The molecule has 1 rings (SSSR count). The van der Waals surface area contributed by atoms with E-state index in [9.17, 15) is 5.11 Å². The first-order valence-electron chi connectivity index (χ1n) is 7.40. The summed E-state index contributed by atoms with van der Waals surface area (Å²) in [7, 11) is 0. The summed E-state index contributed by atoms with van der Waals surface area (Å²) in [6.07, 6.45) is -0.997. The highest BCUT2D eigenvalue weighted by Gasteiger charge is 2.06. The summed E-state index contributed by atoms with van der Waals surface area (Å²) >= 11 is 0. The molecule has 0 spiro atoms. The van der Waals surface area contributed by atoms with Gasteiger partial charge in [0.05, 0.1) is 45.2 Å². The summed E-state index contributed by atoms with van der Waals surface area (Å²) in [5.41, 5.74) is 1.59. The van der Waals surface area contributed by atoms with Gasteiger partial charge in [0.25, 0.3) is 0 Å². The minimum Gasteiger partial charge on any atom is -0.491 e. The Labute approximate surface area is 131 Å². The van der Waals surface area contributed by atoms with Crippen LogP contribution in [-0.2, 0) is 22.7 Å². The number of hydrogen-bond donors (Lipinski definition) is 3. The molecule has 126 valence electrons. The smallest absolute Gasteiger partial charge is 0.119 e. The number of aliphatic hydroxyl groups is 3. The normalized spacial score (nSPS) is 13.9. The molecule has 3 N–H and O–H groups in total. The Morgan fingerprint density at radius 3 is 2.27 bits per heavy atom. The fourth-order valence-electron chi connectivity index (χ4n) is 1.79. The molecule has 6 heteroatoms. The van der Waals surface area contributed by atoms with Crippen LogP contribution >= 0.6 is 0 Å². The van der Waals surface area contributed by atoms with Crippen molar-refractivity contribution < 1.29 is 29.5 Å². The second-order valence-corrected chi connectivity index (χ2v) is 5.23. The lowest BCUT2D eigenvalue weighted by Crippen LogP contribution is -2.14. The van der Waals surface area contributed by atoms with Crippen LogP contribution in [0.2, 0.25) is 0 Å². The van der Waals surface area contributed by atoms with Gasteiger partial charge in [-0.1, -0.05) is 6.07 Å². The average molecular weight is 314 g/mol. The van der Waals surface area contributed by atoms with Crippen molar-refractivity contribution in [3.63, 3.8) is 0 Å². The van der Waals surface area contributed by atoms with Crippen molar-refractivity contribution in [2.75, 3.05) is 26.4 Å². The standard InChI is InChI=1S/C16H26O6/c1-12(18)9-20-5-6-22-16-4-3-14(15(7-16)8-17)11-21-10-13(2)19/h3-4,7,12-13,17-19H,5-6,8-11H2,1-2H3. The van der Waals surface area contributed by atoms with Crippen LogP contribution in [0.1, 0.15) is 25.0 Å². The molecule has 6 nitrogen and oxygen atoms in total. The number of hydrogen-bond acceptors (Lipinski definition) is 6. The lowest BCUT2D eigenvalue weighted by atomic mass is 10.1. The van der Waals surface area contributed by atoms with Crippen LogP contribution in [0, 0.1) is 0 Å². The quantitative estimate of drug-likeness (QED) is 0.525. The van der Waals surface area contributed by atoms with Crippen LogP contribution in [0.25, 0.3) is 0 Å². The van der Waals surface area contributed by atoms with Crippen molar-refractivity contribution in [2.24, 2.45) is 0 Å². The monoisotopic (exact) mass is 314 g/mol. The molecule has 0 amide bonds. The predicted octanol–water partition coefficient (Wildman–Crippen LogP) is 0.853.